The third kappa shape index (κ3) is 2.17. The SMILES string of the molecule is Cc1c(-c2ccc3c([nH]c4c(C)cccc43)c2C)ccc2c1[nH]c1ccccc12. The summed E-state index contributed by atoms with van der Waals surface area (Å²) in [5.41, 5.74) is 11.4. The molecule has 6 aromatic rings. The molecule has 0 amide bonds. The summed E-state index contributed by atoms with van der Waals surface area (Å²) in [7, 11) is 0. The molecular formula is C27H22N2. The Morgan fingerprint density at radius 3 is 1.83 bits per heavy atom. The molecule has 0 unspecified atom stereocenters. The van der Waals surface area contributed by atoms with Crippen LogP contribution in [-0.2, 0) is 0 Å². The van der Waals surface area contributed by atoms with E-state index in [0.29, 0.717) is 0 Å². The van der Waals surface area contributed by atoms with Crippen LogP contribution in [0.3, 0.4) is 0 Å². The molecule has 0 fully saturated rings. The van der Waals surface area contributed by atoms with Crippen molar-refractivity contribution in [1.82, 2.24) is 9.97 Å². The number of hydrogen-bond donors (Lipinski definition) is 2. The second kappa shape index (κ2) is 5.74. The second-order valence-corrected chi connectivity index (χ2v) is 8.11. The van der Waals surface area contributed by atoms with Gasteiger partial charge >= 0.3 is 0 Å². The van der Waals surface area contributed by atoms with Crippen LogP contribution >= 0.6 is 0 Å². The number of hydrogen-bond acceptors (Lipinski definition) is 0. The highest BCUT2D eigenvalue weighted by Gasteiger charge is 2.15. The molecule has 2 heterocycles. The van der Waals surface area contributed by atoms with Crippen molar-refractivity contribution in [2.24, 2.45) is 0 Å². The maximum atomic E-state index is 3.70. The molecule has 0 spiro atoms. The van der Waals surface area contributed by atoms with Gasteiger partial charge in [-0.2, -0.15) is 0 Å². The van der Waals surface area contributed by atoms with Gasteiger partial charge in [-0.3, -0.25) is 0 Å². The molecule has 2 aromatic heterocycles. The number of aromatic amines is 2. The first kappa shape index (κ1) is 16.4. The molecule has 140 valence electrons. The van der Waals surface area contributed by atoms with Crippen molar-refractivity contribution in [3.8, 4) is 11.1 Å². The van der Waals surface area contributed by atoms with E-state index in [9.17, 15) is 0 Å². The zero-order valence-electron chi connectivity index (χ0n) is 16.9. The van der Waals surface area contributed by atoms with Gasteiger partial charge in [0, 0.05) is 32.6 Å². The average molecular weight is 374 g/mol. The van der Waals surface area contributed by atoms with Crippen LogP contribution in [0.25, 0.3) is 54.7 Å². The lowest BCUT2D eigenvalue weighted by Gasteiger charge is -2.11. The lowest BCUT2D eigenvalue weighted by molar-refractivity contribution is 1.40. The fourth-order valence-electron chi connectivity index (χ4n) is 4.92. The molecule has 0 aliphatic heterocycles. The average Bonchev–Trinajstić information content (AvgIpc) is 3.30. The zero-order chi connectivity index (χ0) is 19.7. The zero-order valence-corrected chi connectivity index (χ0v) is 16.9. The molecule has 0 aliphatic rings. The number of benzene rings is 4. The lowest BCUT2D eigenvalue weighted by atomic mass is 9.93. The highest BCUT2D eigenvalue weighted by molar-refractivity contribution is 6.12. The Morgan fingerprint density at radius 1 is 0.483 bits per heavy atom. The van der Waals surface area contributed by atoms with Gasteiger partial charge in [0.15, 0.2) is 0 Å². The summed E-state index contributed by atoms with van der Waals surface area (Å²) in [6.07, 6.45) is 0. The molecule has 0 radical (unpaired) electrons. The molecule has 0 saturated heterocycles. The summed E-state index contributed by atoms with van der Waals surface area (Å²) >= 11 is 0. The number of H-pyrrole nitrogens is 2. The molecule has 0 bridgehead atoms. The van der Waals surface area contributed by atoms with Crippen molar-refractivity contribution >= 4 is 43.6 Å². The highest BCUT2D eigenvalue weighted by Crippen LogP contribution is 2.38. The van der Waals surface area contributed by atoms with Crippen molar-refractivity contribution in [2.45, 2.75) is 20.8 Å². The Labute approximate surface area is 169 Å². The number of nitrogens with one attached hydrogen (secondary N) is 2. The Kier molecular flexibility index (Phi) is 3.25. The molecule has 2 N–H and O–H groups in total. The summed E-state index contributed by atoms with van der Waals surface area (Å²) in [4.78, 5) is 7.33. The van der Waals surface area contributed by atoms with Gasteiger partial charge in [0.05, 0.1) is 11.0 Å². The van der Waals surface area contributed by atoms with Crippen molar-refractivity contribution in [1.29, 1.82) is 0 Å². The summed E-state index contributed by atoms with van der Waals surface area (Å²) in [6, 6.07) is 24.1. The topological polar surface area (TPSA) is 31.6 Å². The number of para-hydroxylation sites is 2. The fourth-order valence-corrected chi connectivity index (χ4v) is 4.92. The van der Waals surface area contributed by atoms with Crippen LogP contribution in [-0.4, -0.2) is 9.97 Å². The summed E-state index contributed by atoms with van der Waals surface area (Å²) in [6.45, 7) is 6.63. The molecule has 0 saturated carbocycles. The van der Waals surface area contributed by atoms with Crippen molar-refractivity contribution in [3.63, 3.8) is 0 Å². The normalized spacial score (nSPS) is 12.0. The van der Waals surface area contributed by atoms with Gasteiger partial charge in [0.25, 0.3) is 0 Å². The van der Waals surface area contributed by atoms with Crippen LogP contribution in [0.4, 0.5) is 0 Å². The summed E-state index contributed by atoms with van der Waals surface area (Å²) < 4.78 is 0. The van der Waals surface area contributed by atoms with Crippen molar-refractivity contribution < 1.29 is 0 Å². The Morgan fingerprint density at radius 2 is 1.07 bits per heavy atom. The largest absolute Gasteiger partial charge is 0.354 e. The standard InChI is InChI=1S/C27H22N2/c1-15-7-6-9-21-23-14-12-19(17(3)27(23)29-25(15)21)18-11-13-22-20-8-4-5-10-24(20)28-26(22)16(18)2/h4-14,28-29H,1-3H3. The second-order valence-electron chi connectivity index (χ2n) is 8.11. The van der Waals surface area contributed by atoms with Gasteiger partial charge in [-0.05, 0) is 54.7 Å². The highest BCUT2D eigenvalue weighted by atomic mass is 14.7. The molecule has 2 nitrogen and oxygen atoms in total. The van der Waals surface area contributed by atoms with E-state index in [1.54, 1.807) is 0 Å². The number of fused-ring (bicyclic) bond motifs is 6. The predicted octanol–water partition coefficient (Wildman–Crippen LogP) is 7.55. The van der Waals surface area contributed by atoms with E-state index in [1.165, 1.54) is 71.4 Å². The van der Waals surface area contributed by atoms with Crippen LogP contribution in [0.5, 0.6) is 0 Å². The van der Waals surface area contributed by atoms with Crippen LogP contribution in [0, 0.1) is 20.8 Å². The molecule has 29 heavy (non-hydrogen) atoms. The molecule has 4 aromatic carbocycles. The van der Waals surface area contributed by atoms with Crippen LogP contribution in [0.2, 0.25) is 0 Å². The van der Waals surface area contributed by atoms with Crippen molar-refractivity contribution in [3.05, 3.63) is 83.4 Å². The first-order chi connectivity index (χ1) is 14.1. The van der Waals surface area contributed by atoms with E-state index >= 15 is 0 Å². The first-order valence-electron chi connectivity index (χ1n) is 10.1. The molecule has 2 heteroatoms. The quantitative estimate of drug-likeness (QED) is 0.298. The van der Waals surface area contributed by atoms with Crippen molar-refractivity contribution in [2.75, 3.05) is 0 Å². The minimum Gasteiger partial charge on any atom is -0.354 e. The Hall–Kier alpha value is -3.52. The van der Waals surface area contributed by atoms with Crippen LogP contribution in [0.1, 0.15) is 16.7 Å². The van der Waals surface area contributed by atoms with Gasteiger partial charge in [0.2, 0.25) is 0 Å². The van der Waals surface area contributed by atoms with E-state index in [2.05, 4.69) is 97.5 Å². The Balaban J connectivity index is 1.65. The van der Waals surface area contributed by atoms with E-state index in [0.717, 1.165) is 0 Å². The molecule has 0 atom stereocenters. The van der Waals surface area contributed by atoms with Gasteiger partial charge in [-0.15, -0.1) is 0 Å². The summed E-state index contributed by atoms with van der Waals surface area (Å²) in [5.74, 6) is 0. The third-order valence-electron chi connectivity index (χ3n) is 6.51. The van der Waals surface area contributed by atoms with Gasteiger partial charge in [0.1, 0.15) is 0 Å². The number of aromatic nitrogens is 2. The first-order valence-corrected chi connectivity index (χ1v) is 10.1. The van der Waals surface area contributed by atoms with Crippen LogP contribution in [0.15, 0.2) is 66.7 Å². The fraction of sp³-hybridized carbons (Fsp3) is 0.111. The molecule has 0 aliphatic carbocycles. The minimum absolute atomic E-state index is 1.20. The van der Waals surface area contributed by atoms with E-state index < -0.39 is 0 Å². The maximum absolute atomic E-state index is 3.70. The van der Waals surface area contributed by atoms with E-state index in [-0.39, 0.29) is 0 Å². The third-order valence-corrected chi connectivity index (χ3v) is 6.51. The number of rotatable bonds is 1. The smallest absolute Gasteiger partial charge is 0.0500 e. The monoisotopic (exact) mass is 374 g/mol. The van der Waals surface area contributed by atoms with E-state index in [1.807, 2.05) is 0 Å². The summed E-state index contributed by atoms with van der Waals surface area (Å²) in [5, 5.41) is 5.18. The Bertz CT molecular complexity index is 1580. The maximum Gasteiger partial charge on any atom is 0.0500 e. The minimum atomic E-state index is 1.20. The van der Waals surface area contributed by atoms with E-state index in [4.69, 9.17) is 0 Å². The van der Waals surface area contributed by atoms with Crippen LogP contribution < -0.4 is 0 Å². The lowest BCUT2D eigenvalue weighted by Crippen LogP contribution is -1.89. The molecule has 6 rings (SSSR count). The number of aryl methyl sites for hydroxylation is 3. The van der Waals surface area contributed by atoms with Gasteiger partial charge in [-0.1, -0.05) is 60.7 Å². The van der Waals surface area contributed by atoms with Gasteiger partial charge in [-0.25, -0.2) is 0 Å². The van der Waals surface area contributed by atoms with Gasteiger partial charge < -0.3 is 9.97 Å². The predicted molar refractivity (Wildman–Crippen MR) is 125 cm³/mol. The molecular weight excluding hydrogens is 352 g/mol.